The zero-order valence-electron chi connectivity index (χ0n) is 6.51. The second-order valence-corrected chi connectivity index (χ2v) is 2.61. The SMILES string of the molecule is O=C([O-])c1c(F)c(F)c(F)c(F)c1Cl.[Ag+]. The maximum Gasteiger partial charge on any atom is 1.00 e. The molecule has 0 aliphatic carbocycles. The predicted molar refractivity (Wildman–Crippen MR) is 35.6 cm³/mol. The van der Waals surface area contributed by atoms with Gasteiger partial charge in [-0.25, -0.2) is 17.6 Å². The van der Waals surface area contributed by atoms with Gasteiger partial charge in [0.2, 0.25) is 0 Å². The van der Waals surface area contributed by atoms with Gasteiger partial charge in [-0.2, -0.15) is 0 Å². The molecule has 0 radical (unpaired) electrons. The van der Waals surface area contributed by atoms with Gasteiger partial charge in [-0.3, -0.25) is 0 Å². The van der Waals surface area contributed by atoms with Crippen LogP contribution in [-0.4, -0.2) is 5.97 Å². The number of benzene rings is 1. The van der Waals surface area contributed by atoms with Crippen molar-refractivity contribution in [1.29, 1.82) is 0 Å². The Labute approximate surface area is 101 Å². The van der Waals surface area contributed by atoms with E-state index in [0.29, 0.717) is 0 Å². The van der Waals surface area contributed by atoms with E-state index >= 15 is 0 Å². The number of aromatic carboxylic acids is 1. The molecule has 0 atom stereocenters. The van der Waals surface area contributed by atoms with Crippen molar-refractivity contribution in [2.45, 2.75) is 0 Å². The number of carboxylic acids is 1. The molecule has 0 saturated heterocycles. The first-order chi connectivity index (χ1) is 6.37. The van der Waals surface area contributed by atoms with Crippen molar-refractivity contribution in [3.63, 3.8) is 0 Å². The average Bonchev–Trinajstić information content (AvgIpc) is 2.11. The van der Waals surface area contributed by atoms with Crippen molar-refractivity contribution >= 4 is 17.6 Å². The second-order valence-electron chi connectivity index (χ2n) is 2.23. The molecule has 0 heterocycles. The van der Waals surface area contributed by atoms with Gasteiger partial charge < -0.3 is 9.90 Å². The normalized spacial score (nSPS) is 9.67. The molecule has 86 valence electrons. The molecule has 0 saturated carbocycles. The standard InChI is InChI=1S/C7HClF4O2.Ag/c8-2-1(7(13)14)3(9)5(11)6(12)4(2)10;/h(H,13,14);/q;+1/p-1. The number of hydrogen-bond donors (Lipinski definition) is 0. The van der Waals surface area contributed by atoms with E-state index in [1.807, 2.05) is 0 Å². The van der Waals surface area contributed by atoms with E-state index in [1.54, 1.807) is 0 Å². The fourth-order valence-corrected chi connectivity index (χ4v) is 1.03. The maximum atomic E-state index is 12.7. The largest absolute Gasteiger partial charge is 1.00 e. The van der Waals surface area contributed by atoms with Crippen LogP contribution in [0.2, 0.25) is 5.02 Å². The molecule has 1 rings (SSSR count). The quantitative estimate of drug-likeness (QED) is 0.335. The van der Waals surface area contributed by atoms with Crippen molar-refractivity contribution in [2.75, 3.05) is 0 Å². The first-order valence-electron chi connectivity index (χ1n) is 3.10. The van der Waals surface area contributed by atoms with Crippen LogP contribution in [0.5, 0.6) is 0 Å². The number of carbonyl (C=O) groups is 1. The van der Waals surface area contributed by atoms with Crippen LogP contribution in [0.15, 0.2) is 0 Å². The number of rotatable bonds is 1. The van der Waals surface area contributed by atoms with Crippen LogP contribution in [0.4, 0.5) is 17.6 Å². The van der Waals surface area contributed by atoms with Crippen molar-refractivity contribution < 1.29 is 49.8 Å². The van der Waals surface area contributed by atoms with Gasteiger partial charge in [0.15, 0.2) is 23.3 Å². The minimum atomic E-state index is -2.24. The fourth-order valence-electron chi connectivity index (χ4n) is 0.784. The summed E-state index contributed by atoms with van der Waals surface area (Å²) in [6, 6.07) is 0. The fraction of sp³-hybridized carbons (Fsp3) is 0. The van der Waals surface area contributed by atoms with Crippen molar-refractivity contribution in [1.82, 2.24) is 0 Å². The molecule has 0 N–H and O–H groups in total. The maximum absolute atomic E-state index is 12.7. The van der Waals surface area contributed by atoms with Gasteiger partial charge in [0, 0.05) is 0 Å². The van der Waals surface area contributed by atoms with Crippen LogP contribution < -0.4 is 5.11 Å². The number of carbonyl (C=O) groups excluding carboxylic acids is 1. The Morgan fingerprint density at radius 3 is 1.80 bits per heavy atom. The summed E-state index contributed by atoms with van der Waals surface area (Å²) in [6.07, 6.45) is 0. The third-order valence-electron chi connectivity index (χ3n) is 1.41. The van der Waals surface area contributed by atoms with Crippen LogP contribution in [0.1, 0.15) is 10.4 Å². The van der Waals surface area contributed by atoms with E-state index in [-0.39, 0.29) is 22.4 Å². The van der Waals surface area contributed by atoms with Gasteiger partial charge >= 0.3 is 22.4 Å². The number of hydrogen-bond acceptors (Lipinski definition) is 2. The third kappa shape index (κ3) is 2.34. The molecule has 0 unspecified atom stereocenters. The molecule has 2 nitrogen and oxygen atoms in total. The second kappa shape index (κ2) is 4.98. The summed E-state index contributed by atoms with van der Waals surface area (Å²) in [4.78, 5) is 10.2. The molecule has 0 bridgehead atoms. The Balaban J connectivity index is 0.00000196. The van der Waals surface area contributed by atoms with Gasteiger partial charge in [0.25, 0.3) is 0 Å². The van der Waals surface area contributed by atoms with Crippen LogP contribution in [-0.2, 0) is 22.4 Å². The van der Waals surface area contributed by atoms with E-state index in [4.69, 9.17) is 11.6 Å². The van der Waals surface area contributed by atoms with E-state index in [0.717, 1.165) is 0 Å². The third-order valence-corrected chi connectivity index (χ3v) is 1.77. The predicted octanol–water partition coefficient (Wildman–Crippen LogP) is 1.26. The summed E-state index contributed by atoms with van der Waals surface area (Å²) < 4.78 is 50.1. The summed E-state index contributed by atoms with van der Waals surface area (Å²) in [7, 11) is 0. The van der Waals surface area contributed by atoms with E-state index in [2.05, 4.69) is 0 Å². The monoisotopic (exact) mass is 334 g/mol. The minimum absolute atomic E-state index is 0. The molecular formula is C7AgClF4O2. The van der Waals surface area contributed by atoms with Gasteiger partial charge in [0.1, 0.15) is 0 Å². The summed E-state index contributed by atoms with van der Waals surface area (Å²) in [5.41, 5.74) is -1.54. The molecule has 0 spiro atoms. The summed E-state index contributed by atoms with van der Waals surface area (Å²) in [5, 5.41) is 8.81. The van der Waals surface area contributed by atoms with E-state index in [9.17, 15) is 27.5 Å². The van der Waals surface area contributed by atoms with Gasteiger partial charge in [-0.1, -0.05) is 11.6 Å². The summed E-state index contributed by atoms with van der Waals surface area (Å²) in [6.45, 7) is 0. The van der Waals surface area contributed by atoms with E-state index < -0.39 is 39.8 Å². The molecule has 1 aromatic rings. The van der Waals surface area contributed by atoms with Crippen LogP contribution >= 0.6 is 11.6 Å². The zero-order chi connectivity index (χ0) is 11.0. The van der Waals surface area contributed by atoms with Gasteiger partial charge in [-0.05, 0) is 0 Å². The molecule has 0 aliphatic rings. The molecule has 1 aromatic carbocycles. The Hall–Kier alpha value is -0.560. The van der Waals surface area contributed by atoms with Gasteiger partial charge in [0.05, 0.1) is 16.6 Å². The van der Waals surface area contributed by atoms with Gasteiger partial charge in [-0.15, -0.1) is 0 Å². The Bertz CT molecular complexity index is 395. The Morgan fingerprint density at radius 1 is 1.00 bits per heavy atom. The van der Waals surface area contributed by atoms with Crippen LogP contribution in [0.25, 0.3) is 0 Å². The Kier molecular flexibility index (Phi) is 4.79. The van der Waals surface area contributed by atoms with Crippen molar-refractivity contribution in [2.24, 2.45) is 0 Å². The molecule has 0 amide bonds. The van der Waals surface area contributed by atoms with E-state index in [1.165, 1.54) is 0 Å². The molecule has 0 fully saturated rings. The van der Waals surface area contributed by atoms with Crippen molar-refractivity contribution in [3.05, 3.63) is 33.9 Å². The zero-order valence-corrected chi connectivity index (χ0v) is 8.75. The number of carboxylic acid groups (broad SMARTS) is 1. The molecule has 8 heteroatoms. The molecule has 0 aromatic heterocycles. The minimum Gasteiger partial charge on any atom is -0.545 e. The Morgan fingerprint density at radius 2 is 1.40 bits per heavy atom. The first-order valence-corrected chi connectivity index (χ1v) is 3.48. The topological polar surface area (TPSA) is 40.1 Å². The van der Waals surface area contributed by atoms with Crippen LogP contribution in [0.3, 0.4) is 0 Å². The average molecular weight is 335 g/mol. The number of halogens is 5. The van der Waals surface area contributed by atoms with Crippen LogP contribution in [0, 0.1) is 23.3 Å². The first kappa shape index (κ1) is 14.4. The molecule has 0 aliphatic heterocycles. The summed E-state index contributed by atoms with van der Waals surface area (Å²) >= 11 is 4.93. The summed E-state index contributed by atoms with van der Waals surface area (Å²) in [5.74, 6) is -10.7. The molecular weight excluding hydrogens is 335 g/mol. The molecule has 15 heavy (non-hydrogen) atoms. The van der Waals surface area contributed by atoms with Crippen molar-refractivity contribution in [3.8, 4) is 0 Å². The smallest absolute Gasteiger partial charge is 0.545 e.